The van der Waals surface area contributed by atoms with Gasteiger partial charge in [-0.05, 0) is 12.1 Å². The Kier molecular flexibility index (Phi) is 5.58. The van der Waals surface area contributed by atoms with Gasteiger partial charge in [-0.2, -0.15) is 0 Å². The van der Waals surface area contributed by atoms with Crippen molar-refractivity contribution in [1.82, 2.24) is 5.32 Å². The molecular weight excluding hydrogens is 363 g/mol. The number of halogens is 2. The van der Waals surface area contributed by atoms with E-state index >= 15 is 0 Å². The minimum absolute atomic E-state index is 0.131. The minimum Gasteiger partial charge on any atom is -0.490 e. The molecule has 0 saturated carbocycles. The maximum Gasteiger partial charge on any atom is 0.254 e. The summed E-state index contributed by atoms with van der Waals surface area (Å²) in [5.74, 6) is -0.846. The van der Waals surface area contributed by atoms with E-state index in [0.717, 1.165) is 6.42 Å². The number of benzene rings is 2. The van der Waals surface area contributed by atoms with E-state index in [9.17, 15) is 14.0 Å². The molecule has 8 heteroatoms. The summed E-state index contributed by atoms with van der Waals surface area (Å²) in [6.45, 7) is 0.690. The van der Waals surface area contributed by atoms with Crippen LogP contribution in [0.4, 0.5) is 10.1 Å². The first-order chi connectivity index (χ1) is 12.5. The maximum absolute atomic E-state index is 13.6. The first-order valence-electron chi connectivity index (χ1n) is 7.96. The average molecular weight is 379 g/mol. The van der Waals surface area contributed by atoms with Gasteiger partial charge in [-0.1, -0.05) is 23.7 Å². The molecule has 0 atom stereocenters. The fourth-order valence-electron chi connectivity index (χ4n) is 2.38. The molecule has 0 unspecified atom stereocenters. The van der Waals surface area contributed by atoms with Gasteiger partial charge in [0.25, 0.3) is 5.91 Å². The molecule has 0 radical (unpaired) electrons. The summed E-state index contributed by atoms with van der Waals surface area (Å²) < 4.78 is 24.6. The molecule has 2 amide bonds. The molecule has 6 nitrogen and oxygen atoms in total. The molecule has 0 saturated heterocycles. The van der Waals surface area contributed by atoms with Crippen LogP contribution in [0.5, 0.6) is 11.5 Å². The molecule has 0 aliphatic carbocycles. The summed E-state index contributed by atoms with van der Waals surface area (Å²) in [6, 6.07) is 8.66. The van der Waals surface area contributed by atoms with Crippen LogP contribution in [-0.2, 0) is 4.79 Å². The van der Waals surface area contributed by atoms with Crippen molar-refractivity contribution in [2.75, 3.05) is 25.1 Å². The fourth-order valence-corrected chi connectivity index (χ4v) is 2.58. The van der Waals surface area contributed by atoms with Crippen molar-refractivity contribution in [2.45, 2.75) is 6.42 Å². The van der Waals surface area contributed by atoms with Crippen LogP contribution in [0.25, 0.3) is 0 Å². The Morgan fingerprint density at radius 1 is 1.12 bits per heavy atom. The third kappa shape index (κ3) is 4.23. The summed E-state index contributed by atoms with van der Waals surface area (Å²) in [5.41, 5.74) is 0.204. The number of anilines is 1. The van der Waals surface area contributed by atoms with E-state index in [4.69, 9.17) is 21.1 Å². The lowest BCUT2D eigenvalue weighted by molar-refractivity contribution is -0.115. The van der Waals surface area contributed by atoms with Crippen molar-refractivity contribution in [3.05, 3.63) is 52.8 Å². The topological polar surface area (TPSA) is 76.7 Å². The minimum atomic E-state index is -0.678. The van der Waals surface area contributed by atoms with Crippen LogP contribution in [0.2, 0.25) is 5.02 Å². The number of ether oxygens (including phenoxy) is 2. The molecule has 1 aliphatic heterocycles. The monoisotopic (exact) mass is 378 g/mol. The molecule has 2 N–H and O–H groups in total. The van der Waals surface area contributed by atoms with Gasteiger partial charge >= 0.3 is 0 Å². The van der Waals surface area contributed by atoms with E-state index in [0.29, 0.717) is 30.4 Å². The smallest absolute Gasteiger partial charge is 0.254 e. The van der Waals surface area contributed by atoms with Gasteiger partial charge in [-0.25, -0.2) is 4.39 Å². The summed E-state index contributed by atoms with van der Waals surface area (Å²) >= 11 is 6.15. The van der Waals surface area contributed by atoms with Crippen molar-refractivity contribution in [3.8, 4) is 11.5 Å². The van der Waals surface area contributed by atoms with Crippen LogP contribution in [0.1, 0.15) is 16.8 Å². The number of amides is 2. The normalized spacial score (nSPS) is 12.8. The third-order valence-corrected chi connectivity index (χ3v) is 3.95. The molecule has 0 fully saturated rings. The quantitative estimate of drug-likeness (QED) is 0.857. The van der Waals surface area contributed by atoms with E-state index in [1.165, 1.54) is 24.3 Å². The van der Waals surface area contributed by atoms with E-state index in [1.54, 1.807) is 12.1 Å². The Morgan fingerprint density at radius 2 is 1.81 bits per heavy atom. The van der Waals surface area contributed by atoms with Gasteiger partial charge in [0.1, 0.15) is 5.82 Å². The van der Waals surface area contributed by atoms with Gasteiger partial charge in [0.15, 0.2) is 11.5 Å². The second-order valence-corrected chi connectivity index (χ2v) is 5.95. The first kappa shape index (κ1) is 18.0. The van der Waals surface area contributed by atoms with Crippen LogP contribution in [0.15, 0.2) is 36.4 Å². The number of carbonyl (C=O) groups is 2. The molecule has 26 heavy (non-hydrogen) atoms. The van der Waals surface area contributed by atoms with Crippen molar-refractivity contribution < 1.29 is 23.5 Å². The summed E-state index contributed by atoms with van der Waals surface area (Å²) in [7, 11) is 0. The Morgan fingerprint density at radius 3 is 2.54 bits per heavy atom. The Balaban J connectivity index is 1.62. The number of fused-ring (bicyclic) bond motifs is 1. The fraction of sp³-hybridized carbons (Fsp3) is 0.222. The molecule has 2 aromatic carbocycles. The van der Waals surface area contributed by atoms with Gasteiger partial charge in [-0.3, -0.25) is 9.59 Å². The number of hydrogen-bond acceptors (Lipinski definition) is 4. The van der Waals surface area contributed by atoms with Crippen molar-refractivity contribution in [3.63, 3.8) is 0 Å². The van der Waals surface area contributed by atoms with E-state index < -0.39 is 17.6 Å². The SMILES string of the molecule is O=C(CNC(=O)c1ccccc1F)Nc1cc2c(cc1Cl)OCCCO2. The average Bonchev–Trinajstić information content (AvgIpc) is 2.85. The summed E-state index contributed by atoms with van der Waals surface area (Å²) in [5, 5.41) is 5.23. The third-order valence-electron chi connectivity index (χ3n) is 3.64. The van der Waals surface area contributed by atoms with Gasteiger partial charge in [0.2, 0.25) is 5.91 Å². The molecule has 1 heterocycles. The molecule has 0 bridgehead atoms. The molecule has 1 aliphatic rings. The lowest BCUT2D eigenvalue weighted by atomic mass is 10.2. The molecule has 0 spiro atoms. The van der Waals surface area contributed by atoms with E-state index in [2.05, 4.69) is 10.6 Å². The first-order valence-corrected chi connectivity index (χ1v) is 8.34. The highest BCUT2D eigenvalue weighted by atomic mass is 35.5. The lowest BCUT2D eigenvalue weighted by Gasteiger charge is -2.13. The number of carbonyl (C=O) groups excluding carboxylic acids is 2. The van der Waals surface area contributed by atoms with Gasteiger partial charge in [0.05, 0.1) is 36.0 Å². The predicted molar refractivity (Wildman–Crippen MR) is 94.4 cm³/mol. The number of rotatable bonds is 4. The van der Waals surface area contributed by atoms with Gasteiger partial charge < -0.3 is 20.1 Å². The van der Waals surface area contributed by atoms with Crippen LogP contribution < -0.4 is 20.1 Å². The Labute approximate surface area is 154 Å². The second kappa shape index (κ2) is 8.05. The van der Waals surface area contributed by atoms with Gasteiger partial charge in [0, 0.05) is 18.6 Å². The lowest BCUT2D eigenvalue weighted by Crippen LogP contribution is -2.33. The van der Waals surface area contributed by atoms with Crippen LogP contribution in [-0.4, -0.2) is 31.6 Å². The predicted octanol–water partition coefficient (Wildman–Crippen LogP) is 3.01. The largest absolute Gasteiger partial charge is 0.490 e. The standard InChI is InChI=1S/C18H16ClFN2O4/c19-12-8-15-16(26-7-3-6-25-15)9-14(12)22-17(23)10-21-18(24)11-4-1-2-5-13(11)20/h1-2,4-5,8-9H,3,6-7,10H2,(H,21,24)(H,22,23). The summed E-state index contributed by atoms with van der Waals surface area (Å²) in [4.78, 5) is 24.0. The maximum atomic E-state index is 13.6. The Hall–Kier alpha value is -2.80. The molecule has 0 aromatic heterocycles. The Bertz CT molecular complexity index is 844. The van der Waals surface area contributed by atoms with Crippen LogP contribution >= 0.6 is 11.6 Å². The van der Waals surface area contributed by atoms with Crippen LogP contribution in [0.3, 0.4) is 0 Å². The highest BCUT2D eigenvalue weighted by Crippen LogP contribution is 2.37. The molecule has 3 rings (SSSR count). The number of hydrogen-bond donors (Lipinski definition) is 2. The molecule has 136 valence electrons. The highest BCUT2D eigenvalue weighted by molar-refractivity contribution is 6.34. The van der Waals surface area contributed by atoms with Crippen LogP contribution in [0, 0.1) is 5.82 Å². The molecule has 2 aromatic rings. The van der Waals surface area contributed by atoms with Crippen molar-refractivity contribution >= 4 is 29.1 Å². The summed E-state index contributed by atoms with van der Waals surface area (Å²) in [6.07, 6.45) is 0.746. The molecular formula is C18H16ClFN2O4. The van der Waals surface area contributed by atoms with Crippen molar-refractivity contribution in [2.24, 2.45) is 0 Å². The van der Waals surface area contributed by atoms with E-state index in [1.807, 2.05) is 0 Å². The zero-order valence-electron chi connectivity index (χ0n) is 13.7. The highest BCUT2D eigenvalue weighted by Gasteiger charge is 2.16. The van der Waals surface area contributed by atoms with Gasteiger partial charge in [-0.15, -0.1) is 0 Å². The number of nitrogens with one attached hydrogen (secondary N) is 2. The van der Waals surface area contributed by atoms with Crippen molar-refractivity contribution in [1.29, 1.82) is 0 Å². The second-order valence-electron chi connectivity index (χ2n) is 5.54. The van der Waals surface area contributed by atoms with E-state index in [-0.39, 0.29) is 17.1 Å². The zero-order chi connectivity index (χ0) is 18.5. The zero-order valence-corrected chi connectivity index (χ0v) is 14.4.